The van der Waals surface area contributed by atoms with E-state index in [1.807, 2.05) is 6.07 Å². The third-order valence-corrected chi connectivity index (χ3v) is 3.57. The summed E-state index contributed by atoms with van der Waals surface area (Å²) in [5.74, 6) is 0.245. The van der Waals surface area contributed by atoms with Crippen LogP contribution in [-0.4, -0.2) is 31.6 Å². The lowest BCUT2D eigenvalue weighted by Gasteiger charge is -2.33. The van der Waals surface area contributed by atoms with Crippen LogP contribution in [0.25, 0.3) is 0 Å². The highest BCUT2D eigenvalue weighted by atomic mass is 16.6. The number of hydrogen-bond donors (Lipinski definition) is 0. The maximum Gasteiger partial charge on any atom is 0.348 e. The van der Waals surface area contributed by atoms with Crippen molar-refractivity contribution < 1.29 is 23.5 Å². The van der Waals surface area contributed by atoms with Gasteiger partial charge in [0.1, 0.15) is 11.5 Å². The normalized spacial score (nSPS) is 16.6. The second-order valence-electron chi connectivity index (χ2n) is 4.90. The number of carbonyl (C=O) groups is 2. The number of fused-ring (bicyclic) bond motifs is 1. The monoisotopic (exact) mass is 301 g/mol. The number of hydrogen-bond acceptors (Lipinski definition) is 5. The highest BCUT2D eigenvalue weighted by Gasteiger charge is 2.35. The van der Waals surface area contributed by atoms with Crippen molar-refractivity contribution in [3.05, 3.63) is 47.9 Å². The first kappa shape index (κ1) is 14.2. The van der Waals surface area contributed by atoms with Gasteiger partial charge in [-0.25, -0.2) is 4.79 Å². The average Bonchev–Trinajstić information content (AvgIpc) is 2.98. The summed E-state index contributed by atoms with van der Waals surface area (Å²) >= 11 is 0. The predicted molar refractivity (Wildman–Crippen MR) is 78.0 cm³/mol. The quantitative estimate of drug-likeness (QED) is 0.795. The van der Waals surface area contributed by atoms with Crippen molar-refractivity contribution in [2.24, 2.45) is 0 Å². The van der Waals surface area contributed by atoms with Crippen LogP contribution in [0.5, 0.6) is 5.75 Å². The van der Waals surface area contributed by atoms with Crippen LogP contribution >= 0.6 is 0 Å². The number of esters is 1. The zero-order chi connectivity index (χ0) is 15.7. The molecular formula is C16H15NO5. The number of carbonyl (C=O) groups excluding carboxylic acids is 2. The molecule has 0 radical (unpaired) electrons. The Hall–Kier alpha value is -2.76. The number of aryl methyl sites for hydroxylation is 1. The SMILES string of the molecule is COC(=O)[C@H]1CN(C(=O)c2ccoc2C)c2ccccc2O1. The Morgan fingerprint density at radius 3 is 2.73 bits per heavy atom. The van der Waals surface area contributed by atoms with E-state index in [0.29, 0.717) is 22.8 Å². The zero-order valence-electron chi connectivity index (χ0n) is 12.2. The van der Waals surface area contributed by atoms with Gasteiger partial charge in [-0.1, -0.05) is 12.1 Å². The number of nitrogens with zero attached hydrogens (tertiary/aromatic N) is 1. The van der Waals surface area contributed by atoms with Gasteiger partial charge in [0, 0.05) is 0 Å². The largest absolute Gasteiger partial charge is 0.475 e. The number of rotatable bonds is 2. The number of para-hydroxylation sites is 2. The van der Waals surface area contributed by atoms with Crippen LogP contribution in [0.3, 0.4) is 0 Å². The van der Waals surface area contributed by atoms with E-state index in [9.17, 15) is 9.59 Å². The first-order valence-electron chi connectivity index (χ1n) is 6.81. The first-order valence-corrected chi connectivity index (χ1v) is 6.81. The number of amides is 1. The van der Waals surface area contributed by atoms with Crippen molar-refractivity contribution in [2.75, 3.05) is 18.6 Å². The molecule has 0 fully saturated rings. The lowest BCUT2D eigenvalue weighted by molar-refractivity contribution is -0.148. The van der Waals surface area contributed by atoms with Gasteiger partial charge in [-0.05, 0) is 25.1 Å². The van der Waals surface area contributed by atoms with Crippen LogP contribution in [0.4, 0.5) is 5.69 Å². The van der Waals surface area contributed by atoms with E-state index in [-0.39, 0.29) is 12.5 Å². The molecule has 0 aliphatic carbocycles. The maximum atomic E-state index is 12.8. The van der Waals surface area contributed by atoms with Crippen molar-refractivity contribution in [3.63, 3.8) is 0 Å². The minimum Gasteiger partial charge on any atom is -0.475 e. The number of anilines is 1. The molecule has 3 rings (SSSR count). The molecule has 6 heteroatoms. The van der Waals surface area contributed by atoms with Gasteiger partial charge in [-0.15, -0.1) is 0 Å². The van der Waals surface area contributed by atoms with E-state index in [0.717, 1.165) is 0 Å². The Morgan fingerprint density at radius 2 is 2.05 bits per heavy atom. The molecule has 22 heavy (non-hydrogen) atoms. The summed E-state index contributed by atoms with van der Waals surface area (Å²) in [6.07, 6.45) is 0.614. The third kappa shape index (κ3) is 2.32. The third-order valence-electron chi connectivity index (χ3n) is 3.57. The second-order valence-corrected chi connectivity index (χ2v) is 4.90. The molecule has 1 aliphatic heterocycles. The first-order chi connectivity index (χ1) is 10.6. The average molecular weight is 301 g/mol. The molecule has 1 amide bonds. The van der Waals surface area contributed by atoms with Crippen molar-refractivity contribution >= 4 is 17.6 Å². The van der Waals surface area contributed by atoms with Gasteiger partial charge in [0.2, 0.25) is 6.10 Å². The molecule has 114 valence electrons. The lowest BCUT2D eigenvalue weighted by atomic mass is 10.1. The molecule has 0 N–H and O–H groups in total. The van der Waals surface area contributed by atoms with Crippen molar-refractivity contribution in [1.29, 1.82) is 0 Å². The van der Waals surface area contributed by atoms with Crippen LogP contribution in [0.15, 0.2) is 41.0 Å². The second kappa shape index (κ2) is 5.55. The number of furan rings is 1. The van der Waals surface area contributed by atoms with E-state index >= 15 is 0 Å². The number of ether oxygens (including phenoxy) is 2. The molecular weight excluding hydrogens is 286 g/mol. The van der Waals surface area contributed by atoms with Gasteiger partial charge in [0.05, 0.1) is 31.2 Å². The Balaban J connectivity index is 2.00. The van der Waals surface area contributed by atoms with E-state index in [1.165, 1.54) is 18.3 Å². The van der Waals surface area contributed by atoms with Crippen LogP contribution in [-0.2, 0) is 9.53 Å². The molecule has 0 saturated carbocycles. The van der Waals surface area contributed by atoms with Gasteiger partial charge in [0.25, 0.3) is 5.91 Å². The van der Waals surface area contributed by atoms with Crippen LogP contribution in [0.2, 0.25) is 0 Å². The molecule has 1 atom stereocenters. The summed E-state index contributed by atoms with van der Waals surface area (Å²) in [7, 11) is 1.29. The summed E-state index contributed by atoms with van der Waals surface area (Å²) < 4.78 is 15.5. The summed E-state index contributed by atoms with van der Waals surface area (Å²) in [5, 5.41) is 0. The molecule has 1 aromatic heterocycles. The summed E-state index contributed by atoms with van der Waals surface area (Å²) in [4.78, 5) is 26.1. The van der Waals surface area contributed by atoms with E-state index in [1.54, 1.807) is 31.2 Å². The van der Waals surface area contributed by atoms with Gasteiger partial charge >= 0.3 is 5.97 Å². The Labute approximate surface area is 127 Å². The van der Waals surface area contributed by atoms with Crippen molar-refractivity contribution in [3.8, 4) is 5.75 Å². The molecule has 2 heterocycles. The van der Waals surface area contributed by atoms with Crippen LogP contribution in [0.1, 0.15) is 16.1 Å². The fraction of sp³-hybridized carbons (Fsp3) is 0.250. The molecule has 0 bridgehead atoms. The predicted octanol–water partition coefficient (Wildman–Crippen LogP) is 2.17. The van der Waals surface area contributed by atoms with Gasteiger partial charge < -0.3 is 18.8 Å². The zero-order valence-corrected chi connectivity index (χ0v) is 12.2. The van der Waals surface area contributed by atoms with Crippen molar-refractivity contribution in [2.45, 2.75) is 13.0 Å². The molecule has 0 spiro atoms. The molecule has 1 aromatic carbocycles. The topological polar surface area (TPSA) is 69.0 Å². The minimum atomic E-state index is -0.851. The van der Waals surface area contributed by atoms with Crippen LogP contribution in [0, 0.1) is 6.92 Å². The summed E-state index contributed by atoms with van der Waals surface area (Å²) in [5.41, 5.74) is 1.08. The summed E-state index contributed by atoms with van der Waals surface area (Å²) in [6, 6.07) is 8.69. The Morgan fingerprint density at radius 1 is 1.27 bits per heavy atom. The summed E-state index contributed by atoms with van der Waals surface area (Å²) in [6.45, 7) is 1.81. The molecule has 0 unspecified atom stereocenters. The number of methoxy groups -OCH3 is 1. The maximum absolute atomic E-state index is 12.8. The van der Waals surface area contributed by atoms with Gasteiger partial charge in [0.15, 0.2) is 0 Å². The molecule has 6 nitrogen and oxygen atoms in total. The fourth-order valence-electron chi connectivity index (χ4n) is 2.43. The molecule has 1 aliphatic rings. The van der Waals surface area contributed by atoms with Gasteiger partial charge in [-0.2, -0.15) is 0 Å². The fourth-order valence-corrected chi connectivity index (χ4v) is 2.43. The highest BCUT2D eigenvalue weighted by Crippen LogP contribution is 2.34. The van der Waals surface area contributed by atoms with E-state index in [4.69, 9.17) is 13.9 Å². The van der Waals surface area contributed by atoms with E-state index in [2.05, 4.69) is 0 Å². The van der Waals surface area contributed by atoms with Gasteiger partial charge in [-0.3, -0.25) is 4.79 Å². The number of benzene rings is 1. The highest BCUT2D eigenvalue weighted by molar-refractivity contribution is 6.08. The van der Waals surface area contributed by atoms with E-state index < -0.39 is 12.1 Å². The Bertz CT molecular complexity index is 721. The standard InChI is InChI=1S/C16H15NO5/c1-10-11(7-8-21-10)15(18)17-9-14(16(19)20-2)22-13-6-4-3-5-12(13)17/h3-8,14H,9H2,1-2H3/t14-/m1/s1. The van der Waals surface area contributed by atoms with Crippen LogP contribution < -0.4 is 9.64 Å². The Kier molecular flexibility index (Phi) is 3.58. The van der Waals surface area contributed by atoms with Crippen molar-refractivity contribution in [1.82, 2.24) is 0 Å². The lowest BCUT2D eigenvalue weighted by Crippen LogP contribution is -2.47. The minimum absolute atomic E-state index is 0.0904. The molecule has 0 saturated heterocycles. The molecule has 2 aromatic rings. The smallest absolute Gasteiger partial charge is 0.348 e.